The second kappa shape index (κ2) is 11.2. The van der Waals surface area contributed by atoms with Crippen LogP contribution in [0.25, 0.3) is 0 Å². The number of ether oxygens (including phenoxy) is 1. The normalized spacial score (nSPS) is 12.7. The van der Waals surface area contributed by atoms with Gasteiger partial charge in [0.1, 0.15) is 5.75 Å². The molecule has 0 aliphatic carbocycles. The summed E-state index contributed by atoms with van der Waals surface area (Å²) in [6, 6.07) is 20.1. The summed E-state index contributed by atoms with van der Waals surface area (Å²) in [5, 5.41) is 8.05. The minimum Gasteiger partial charge on any atom is -0.497 e. The number of carbonyl (C=O) groups is 4. The van der Waals surface area contributed by atoms with Crippen LogP contribution >= 0.6 is 0 Å². The van der Waals surface area contributed by atoms with Crippen LogP contribution in [0, 0.1) is 0 Å². The van der Waals surface area contributed by atoms with Gasteiger partial charge in [-0.25, -0.2) is 0 Å². The Morgan fingerprint density at radius 1 is 0.806 bits per heavy atom. The van der Waals surface area contributed by atoms with Crippen LogP contribution in [0.2, 0.25) is 0 Å². The van der Waals surface area contributed by atoms with Crippen molar-refractivity contribution in [3.05, 3.63) is 83.9 Å². The molecule has 0 aromatic heterocycles. The first-order chi connectivity index (χ1) is 17.4. The summed E-state index contributed by atoms with van der Waals surface area (Å²) in [6.45, 7) is 0.462. The molecule has 1 aliphatic rings. The standard InChI is InChI=1S/C27H26N4O5/c1-36-23-14-10-21(11-15-23)30-27(35)19-4-8-20(9-5-19)29-24(32)17-28-26(34)18-6-12-22(13-7-18)31-16-2-3-25(31)33/h4-15H,2-3,16-17H2,1H3,(H,28,34)(H,29,32)(H,30,35). The number of nitrogens with zero attached hydrogens (tertiary/aromatic N) is 1. The predicted molar refractivity (Wildman–Crippen MR) is 136 cm³/mol. The van der Waals surface area contributed by atoms with Gasteiger partial charge in [0.15, 0.2) is 0 Å². The van der Waals surface area contributed by atoms with E-state index >= 15 is 0 Å². The number of hydrogen-bond acceptors (Lipinski definition) is 5. The topological polar surface area (TPSA) is 117 Å². The van der Waals surface area contributed by atoms with E-state index in [0.29, 0.717) is 41.2 Å². The van der Waals surface area contributed by atoms with Gasteiger partial charge in [-0.2, -0.15) is 0 Å². The molecule has 36 heavy (non-hydrogen) atoms. The lowest BCUT2D eigenvalue weighted by Gasteiger charge is -2.15. The highest BCUT2D eigenvalue weighted by atomic mass is 16.5. The van der Waals surface area contributed by atoms with E-state index in [2.05, 4.69) is 16.0 Å². The molecule has 0 radical (unpaired) electrons. The molecule has 1 saturated heterocycles. The zero-order valence-electron chi connectivity index (χ0n) is 19.7. The van der Waals surface area contributed by atoms with Crippen molar-refractivity contribution >= 4 is 40.7 Å². The van der Waals surface area contributed by atoms with Gasteiger partial charge in [-0.15, -0.1) is 0 Å². The van der Waals surface area contributed by atoms with E-state index in [1.165, 1.54) is 0 Å². The number of carbonyl (C=O) groups excluding carboxylic acids is 4. The Morgan fingerprint density at radius 3 is 2.00 bits per heavy atom. The quantitative estimate of drug-likeness (QED) is 0.451. The number of benzene rings is 3. The Morgan fingerprint density at radius 2 is 1.39 bits per heavy atom. The number of methoxy groups -OCH3 is 1. The minimum absolute atomic E-state index is 0.0785. The highest BCUT2D eigenvalue weighted by Crippen LogP contribution is 2.21. The molecule has 1 aliphatic heterocycles. The molecule has 0 saturated carbocycles. The molecule has 0 atom stereocenters. The van der Waals surface area contributed by atoms with Crippen molar-refractivity contribution in [2.24, 2.45) is 0 Å². The summed E-state index contributed by atoms with van der Waals surface area (Å²) < 4.78 is 5.10. The van der Waals surface area contributed by atoms with Crippen LogP contribution in [0.15, 0.2) is 72.8 Å². The third-order valence-electron chi connectivity index (χ3n) is 5.70. The fourth-order valence-electron chi connectivity index (χ4n) is 3.76. The summed E-state index contributed by atoms with van der Waals surface area (Å²) in [6.07, 6.45) is 1.37. The maximum atomic E-state index is 12.4. The Labute approximate surface area is 208 Å². The van der Waals surface area contributed by atoms with Crippen molar-refractivity contribution in [2.75, 3.05) is 35.7 Å². The first-order valence-electron chi connectivity index (χ1n) is 11.5. The number of hydrogen-bond donors (Lipinski definition) is 3. The van der Waals surface area contributed by atoms with Crippen LogP contribution in [0.1, 0.15) is 33.6 Å². The monoisotopic (exact) mass is 486 g/mol. The molecule has 3 aromatic rings. The van der Waals surface area contributed by atoms with Crippen molar-refractivity contribution in [1.29, 1.82) is 0 Å². The molecule has 4 amide bonds. The van der Waals surface area contributed by atoms with Gasteiger partial charge in [-0.1, -0.05) is 0 Å². The van der Waals surface area contributed by atoms with Crippen LogP contribution in [0.3, 0.4) is 0 Å². The third kappa shape index (κ3) is 6.06. The van der Waals surface area contributed by atoms with Crippen LogP contribution in [-0.2, 0) is 9.59 Å². The molecule has 184 valence electrons. The lowest BCUT2D eigenvalue weighted by Crippen LogP contribution is -2.32. The molecule has 3 aromatic carbocycles. The molecule has 1 fully saturated rings. The fourth-order valence-corrected chi connectivity index (χ4v) is 3.76. The first kappa shape index (κ1) is 24.5. The van der Waals surface area contributed by atoms with E-state index in [1.807, 2.05) is 0 Å². The molecule has 0 unspecified atom stereocenters. The van der Waals surface area contributed by atoms with E-state index in [4.69, 9.17) is 4.74 Å². The van der Waals surface area contributed by atoms with Crippen LogP contribution in [0.4, 0.5) is 17.1 Å². The van der Waals surface area contributed by atoms with Gasteiger partial charge in [0.05, 0.1) is 13.7 Å². The van der Waals surface area contributed by atoms with Gasteiger partial charge >= 0.3 is 0 Å². The maximum Gasteiger partial charge on any atom is 0.255 e. The largest absolute Gasteiger partial charge is 0.497 e. The van der Waals surface area contributed by atoms with Gasteiger partial charge in [-0.3, -0.25) is 19.2 Å². The molecule has 0 bridgehead atoms. The molecule has 1 heterocycles. The predicted octanol–water partition coefficient (Wildman–Crippen LogP) is 3.44. The van der Waals surface area contributed by atoms with E-state index in [1.54, 1.807) is 84.8 Å². The van der Waals surface area contributed by atoms with Crippen molar-refractivity contribution in [3.8, 4) is 5.75 Å². The lowest BCUT2D eigenvalue weighted by molar-refractivity contribution is -0.117. The Balaban J connectivity index is 1.24. The molecule has 0 spiro atoms. The Hall–Kier alpha value is -4.66. The highest BCUT2D eigenvalue weighted by Gasteiger charge is 2.21. The minimum atomic E-state index is -0.405. The van der Waals surface area contributed by atoms with Gasteiger partial charge in [0, 0.05) is 41.2 Å². The summed E-state index contributed by atoms with van der Waals surface area (Å²) in [7, 11) is 1.57. The molecule has 9 nitrogen and oxygen atoms in total. The Bertz CT molecular complexity index is 1250. The van der Waals surface area contributed by atoms with E-state index in [0.717, 1.165) is 12.1 Å². The zero-order valence-corrected chi connectivity index (χ0v) is 19.7. The molecular weight excluding hydrogens is 460 g/mol. The average Bonchev–Trinajstić information content (AvgIpc) is 3.34. The van der Waals surface area contributed by atoms with E-state index < -0.39 is 11.8 Å². The molecule has 4 rings (SSSR count). The molecular formula is C27H26N4O5. The van der Waals surface area contributed by atoms with Gasteiger partial charge in [-0.05, 0) is 79.2 Å². The lowest BCUT2D eigenvalue weighted by atomic mass is 10.2. The first-order valence-corrected chi connectivity index (χ1v) is 11.5. The fraction of sp³-hybridized carbons (Fsp3) is 0.185. The zero-order chi connectivity index (χ0) is 25.5. The second-order valence-electron chi connectivity index (χ2n) is 8.19. The van der Waals surface area contributed by atoms with Crippen LogP contribution in [-0.4, -0.2) is 43.8 Å². The van der Waals surface area contributed by atoms with Crippen LogP contribution < -0.4 is 25.6 Å². The van der Waals surface area contributed by atoms with Gasteiger partial charge in [0.2, 0.25) is 11.8 Å². The van der Waals surface area contributed by atoms with Gasteiger partial charge < -0.3 is 25.6 Å². The number of nitrogens with one attached hydrogen (secondary N) is 3. The summed E-state index contributed by atoms with van der Waals surface area (Å²) in [4.78, 5) is 50.6. The number of amides is 4. The number of rotatable bonds is 8. The van der Waals surface area contributed by atoms with Gasteiger partial charge in [0.25, 0.3) is 11.8 Å². The SMILES string of the molecule is COc1ccc(NC(=O)c2ccc(NC(=O)CNC(=O)c3ccc(N4CCCC4=O)cc3)cc2)cc1. The molecule has 3 N–H and O–H groups in total. The second-order valence-corrected chi connectivity index (χ2v) is 8.19. The van der Waals surface area contributed by atoms with E-state index in [-0.39, 0.29) is 18.4 Å². The average molecular weight is 487 g/mol. The maximum absolute atomic E-state index is 12.4. The number of anilines is 3. The van der Waals surface area contributed by atoms with Crippen LogP contribution in [0.5, 0.6) is 5.75 Å². The van der Waals surface area contributed by atoms with E-state index in [9.17, 15) is 19.2 Å². The smallest absolute Gasteiger partial charge is 0.255 e. The third-order valence-corrected chi connectivity index (χ3v) is 5.70. The highest BCUT2D eigenvalue weighted by molar-refractivity contribution is 6.05. The Kier molecular flexibility index (Phi) is 7.60. The summed E-state index contributed by atoms with van der Waals surface area (Å²) in [5.41, 5.74) is 2.71. The van der Waals surface area contributed by atoms with Crippen molar-refractivity contribution < 1.29 is 23.9 Å². The summed E-state index contributed by atoms with van der Waals surface area (Å²) in [5.74, 6) is -0.314. The molecule has 9 heteroatoms. The van der Waals surface area contributed by atoms with Crippen molar-refractivity contribution in [1.82, 2.24) is 5.32 Å². The van der Waals surface area contributed by atoms with Crippen molar-refractivity contribution in [2.45, 2.75) is 12.8 Å². The summed E-state index contributed by atoms with van der Waals surface area (Å²) >= 11 is 0. The van der Waals surface area contributed by atoms with Crippen molar-refractivity contribution in [3.63, 3.8) is 0 Å².